The van der Waals surface area contributed by atoms with Gasteiger partial charge in [-0.15, -0.1) is 0 Å². The van der Waals surface area contributed by atoms with Crippen molar-refractivity contribution in [2.75, 3.05) is 0 Å². The van der Waals surface area contributed by atoms with Gasteiger partial charge < -0.3 is 4.74 Å². The molecule has 1 atom stereocenters. The highest BCUT2D eigenvalue weighted by Gasteiger charge is 2.26. The van der Waals surface area contributed by atoms with Crippen LogP contribution in [0.2, 0.25) is 0 Å². The van der Waals surface area contributed by atoms with E-state index in [4.69, 9.17) is 9.73 Å². The molecule has 0 amide bonds. The van der Waals surface area contributed by atoms with Crippen LogP contribution < -0.4 is 0 Å². The molecule has 0 aromatic heterocycles. The van der Waals surface area contributed by atoms with Gasteiger partial charge in [0, 0.05) is 17.5 Å². The van der Waals surface area contributed by atoms with Gasteiger partial charge in [0.15, 0.2) is 6.04 Å². The molecule has 148 valence electrons. The zero-order valence-corrected chi connectivity index (χ0v) is 17.2. The van der Waals surface area contributed by atoms with Gasteiger partial charge in [-0.25, -0.2) is 4.79 Å². The van der Waals surface area contributed by atoms with Crippen LogP contribution in [0.1, 0.15) is 37.5 Å². The molecule has 0 bridgehead atoms. The zero-order chi connectivity index (χ0) is 20.7. The maximum Gasteiger partial charge on any atom is 0.331 e. The molecule has 0 radical (unpaired) electrons. The van der Waals surface area contributed by atoms with Crippen molar-refractivity contribution in [2.24, 2.45) is 4.99 Å². The molecule has 0 saturated heterocycles. The van der Waals surface area contributed by atoms with Gasteiger partial charge in [-0.1, -0.05) is 91.0 Å². The van der Waals surface area contributed by atoms with Crippen LogP contribution in [0, 0.1) is 0 Å². The van der Waals surface area contributed by atoms with Crippen LogP contribution >= 0.6 is 0 Å². The molecule has 0 fully saturated rings. The summed E-state index contributed by atoms with van der Waals surface area (Å²) in [6.45, 7) is 5.64. The largest absolute Gasteiger partial charge is 0.458 e. The summed E-state index contributed by atoms with van der Waals surface area (Å²) in [5.41, 5.74) is 3.22. The van der Waals surface area contributed by atoms with Crippen LogP contribution in [-0.4, -0.2) is 23.3 Å². The molecule has 3 rings (SSSR count). The standard InChI is InChI=1S/C26H27NO2/c1-26(2,3)29-25(28)23(19-20-13-7-4-8-14-20)27-24(21-15-9-5-10-16-21)22-17-11-6-12-18-22/h4-18,23H,19H2,1-3H3/t23-/m1/s1. The summed E-state index contributed by atoms with van der Waals surface area (Å²) in [6, 6.07) is 29.2. The molecule has 3 nitrogen and oxygen atoms in total. The number of nitrogens with zero attached hydrogens (tertiary/aromatic N) is 1. The molecular weight excluding hydrogens is 358 g/mol. The summed E-state index contributed by atoms with van der Waals surface area (Å²) in [5, 5.41) is 0. The van der Waals surface area contributed by atoms with Gasteiger partial charge in [-0.3, -0.25) is 4.99 Å². The Hall–Kier alpha value is -3.20. The van der Waals surface area contributed by atoms with Gasteiger partial charge in [0.2, 0.25) is 0 Å². The van der Waals surface area contributed by atoms with Crippen molar-refractivity contribution in [3.8, 4) is 0 Å². The Balaban J connectivity index is 2.05. The summed E-state index contributed by atoms with van der Waals surface area (Å²) in [5.74, 6) is -0.314. The van der Waals surface area contributed by atoms with Crippen molar-refractivity contribution in [2.45, 2.75) is 38.8 Å². The third kappa shape index (κ3) is 6.15. The van der Waals surface area contributed by atoms with Crippen molar-refractivity contribution in [1.29, 1.82) is 0 Å². The minimum Gasteiger partial charge on any atom is -0.458 e. The van der Waals surface area contributed by atoms with E-state index >= 15 is 0 Å². The lowest BCUT2D eigenvalue weighted by Crippen LogP contribution is -2.33. The Kier molecular flexibility index (Phi) is 6.61. The molecule has 0 aliphatic rings. The Morgan fingerprint density at radius 2 is 1.24 bits per heavy atom. The second-order valence-electron chi connectivity index (χ2n) is 7.95. The van der Waals surface area contributed by atoms with E-state index in [1.54, 1.807) is 0 Å². The number of esters is 1. The van der Waals surface area contributed by atoms with Crippen molar-refractivity contribution < 1.29 is 9.53 Å². The normalized spacial score (nSPS) is 12.1. The maximum absolute atomic E-state index is 13.0. The molecular formula is C26H27NO2. The lowest BCUT2D eigenvalue weighted by atomic mass is 10.0. The summed E-state index contributed by atoms with van der Waals surface area (Å²) >= 11 is 0. The van der Waals surface area contributed by atoms with Gasteiger partial charge in [0.1, 0.15) is 5.60 Å². The highest BCUT2D eigenvalue weighted by Crippen LogP contribution is 2.18. The minimum atomic E-state index is -0.632. The highest BCUT2D eigenvalue weighted by molar-refractivity contribution is 6.13. The number of aliphatic imine (C=N–C) groups is 1. The predicted octanol–water partition coefficient (Wildman–Crippen LogP) is 5.48. The van der Waals surface area contributed by atoms with E-state index in [-0.39, 0.29) is 5.97 Å². The smallest absolute Gasteiger partial charge is 0.331 e. The topological polar surface area (TPSA) is 38.7 Å². The number of carbonyl (C=O) groups is 1. The SMILES string of the molecule is CC(C)(C)OC(=O)[C@@H](Cc1ccccc1)N=C(c1ccccc1)c1ccccc1. The molecule has 0 unspecified atom stereocenters. The summed E-state index contributed by atoms with van der Waals surface area (Å²) in [4.78, 5) is 18.0. The Morgan fingerprint density at radius 1 is 0.793 bits per heavy atom. The molecule has 29 heavy (non-hydrogen) atoms. The van der Waals surface area contributed by atoms with E-state index in [9.17, 15) is 4.79 Å². The van der Waals surface area contributed by atoms with Gasteiger partial charge in [0.25, 0.3) is 0 Å². The monoisotopic (exact) mass is 385 g/mol. The van der Waals surface area contributed by atoms with E-state index < -0.39 is 11.6 Å². The number of rotatable bonds is 6. The molecule has 3 aromatic rings. The first kappa shape index (κ1) is 20.5. The quantitative estimate of drug-likeness (QED) is 0.416. The number of benzene rings is 3. The van der Waals surface area contributed by atoms with Crippen LogP contribution in [-0.2, 0) is 16.0 Å². The first-order valence-electron chi connectivity index (χ1n) is 9.88. The lowest BCUT2D eigenvalue weighted by molar-refractivity contribution is -0.156. The molecule has 0 saturated carbocycles. The van der Waals surface area contributed by atoms with Crippen LogP contribution in [0.25, 0.3) is 0 Å². The zero-order valence-electron chi connectivity index (χ0n) is 17.2. The average molecular weight is 386 g/mol. The van der Waals surface area contributed by atoms with Crippen LogP contribution in [0.4, 0.5) is 0 Å². The third-order valence-corrected chi connectivity index (χ3v) is 4.33. The number of hydrogen-bond acceptors (Lipinski definition) is 3. The third-order valence-electron chi connectivity index (χ3n) is 4.33. The number of ether oxygens (including phenoxy) is 1. The summed E-state index contributed by atoms with van der Waals surface area (Å²) in [6.07, 6.45) is 0.485. The van der Waals surface area contributed by atoms with E-state index in [0.717, 1.165) is 22.4 Å². The maximum atomic E-state index is 13.0. The number of hydrogen-bond donors (Lipinski definition) is 0. The average Bonchev–Trinajstić information content (AvgIpc) is 2.72. The highest BCUT2D eigenvalue weighted by atomic mass is 16.6. The minimum absolute atomic E-state index is 0.314. The number of carbonyl (C=O) groups excluding carboxylic acids is 1. The molecule has 0 spiro atoms. The van der Waals surface area contributed by atoms with Crippen LogP contribution in [0.15, 0.2) is 96.0 Å². The fourth-order valence-electron chi connectivity index (χ4n) is 3.05. The molecule has 0 aliphatic carbocycles. The fraction of sp³-hybridized carbons (Fsp3) is 0.231. The van der Waals surface area contributed by atoms with Gasteiger partial charge in [0.05, 0.1) is 5.71 Å². The van der Waals surface area contributed by atoms with Crippen molar-refractivity contribution in [1.82, 2.24) is 0 Å². The van der Waals surface area contributed by atoms with Crippen molar-refractivity contribution >= 4 is 11.7 Å². The molecule has 3 aromatic carbocycles. The molecule has 0 aliphatic heterocycles. The van der Waals surface area contributed by atoms with E-state index in [2.05, 4.69) is 0 Å². The first-order chi connectivity index (χ1) is 13.9. The molecule has 0 heterocycles. The summed E-state index contributed by atoms with van der Waals surface area (Å²) in [7, 11) is 0. The van der Waals surface area contributed by atoms with Crippen LogP contribution in [0.3, 0.4) is 0 Å². The Bertz CT molecular complexity index is 901. The van der Waals surface area contributed by atoms with E-state index in [1.165, 1.54) is 0 Å². The molecule has 0 N–H and O–H groups in total. The van der Waals surface area contributed by atoms with Gasteiger partial charge in [-0.05, 0) is 26.3 Å². The van der Waals surface area contributed by atoms with E-state index in [1.807, 2.05) is 112 Å². The Morgan fingerprint density at radius 3 is 1.69 bits per heavy atom. The Labute approximate surface area is 173 Å². The second kappa shape index (κ2) is 9.33. The van der Waals surface area contributed by atoms with Gasteiger partial charge in [-0.2, -0.15) is 0 Å². The molecule has 3 heteroatoms. The second-order valence-corrected chi connectivity index (χ2v) is 7.95. The van der Waals surface area contributed by atoms with Gasteiger partial charge >= 0.3 is 5.97 Å². The lowest BCUT2D eigenvalue weighted by Gasteiger charge is -2.23. The van der Waals surface area contributed by atoms with Crippen LogP contribution in [0.5, 0.6) is 0 Å². The summed E-state index contributed by atoms with van der Waals surface area (Å²) < 4.78 is 5.70. The fourth-order valence-corrected chi connectivity index (χ4v) is 3.05. The predicted molar refractivity (Wildman–Crippen MR) is 118 cm³/mol. The first-order valence-corrected chi connectivity index (χ1v) is 9.88. The van der Waals surface area contributed by atoms with E-state index in [0.29, 0.717) is 6.42 Å². The van der Waals surface area contributed by atoms with Crippen molar-refractivity contribution in [3.63, 3.8) is 0 Å². The van der Waals surface area contributed by atoms with Crippen molar-refractivity contribution in [3.05, 3.63) is 108 Å².